The van der Waals surface area contributed by atoms with E-state index in [0.717, 1.165) is 66.0 Å². The number of imidazole rings is 1. The van der Waals surface area contributed by atoms with Crippen LogP contribution in [0.25, 0.3) is 88.5 Å². The highest BCUT2D eigenvalue weighted by Crippen LogP contribution is 2.39. The zero-order chi connectivity index (χ0) is 30.2. The molecule has 0 aliphatic rings. The molecule has 0 aliphatic carbocycles. The van der Waals surface area contributed by atoms with Crippen LogP contribution in [-0.2, 0) is 0 Å². The van der Waals surface area contributed by atoms with Gasteiger partial charge in [0.1, 0.15) is 5.65 Å². The molecule has 46 heavy (non-hydrogen) atoms. The second kappa shape index (κ2) is 9.58. The topological polar surface area (TPSA) is 48.0 Å². The maximum absolute atomic E-state index is 5.43. The van der Waals surface area contributed by atoms with Gasteiger partial charge in [-0.05, 0) is 58.3 Å². The third kappa shape index (κ3) is 3.60. The molecule has 0 N–H and O–H groups in total. The van der Waals surface area contributed by atoms with Crippen LogP contribution in [0.2, 0.25) is 0 Å². The summed E-state index contributed by atoms with van der Waals surface area (Å²) in [5.41, 5.74) is 10.4. The number of aromatic nitrogens is 5. The molecule has 0 spiro atoms. The molecular formula is C41H25N5. The quantitative estimate of drug-likeness (QED) is 0.207. The van der Waals surface area contributed by atoms with Gasteiger partial charge in [0.25, 0.3) is 0 Å². The summed E-state index contributed by atoms with van der Waals surface area (Å²) in [7, 11) is 0. The molecule has 0 bridgehead atoms. The Hall–Kier alpha value is -6.33. The standard InChI is InChI=1S/C41H25N5/c1-2-12-26(13-3-1)27-21-22-31(29-15-5-4-14-28(27)29)40-32-17-6-8-18-34(32)43-41(44-40)46-36-19-9-7-16-30(36)33-24-35-38(25-37(33)46)45-23-11-10-20-39(45)42-35/h1-25H. The normalized spacial score (nSPS) is 11.9. The van der Waals surface area contributed by atoms with Crippen LogP contribution in [0.3, 0.4) is 0 Å². The van der Waals surface area contributed by atoms with Gasteiger partial charge in [0.05, 0.1) is 33.3 Å². The molecule has 6 aromatic carbocycles. The number of fused-ring (bicyclic) bond motifs is 8. The Morgan fingerprint density at radius 1 is 0.413 bits per heavy atom. The van der Waals surface area contributed by atoms with Gasteiger partial charge in [-0.2, -0.15) is 0 Å². The summed E-state index contributed by atoms with van der Waals surface area (Å²) in [5, 5.41) is 5.65. The molecule has 0 fully saturated rings. The summed E-state index contributed by atoms with van der Waals surface area (Å²) in [4.78, 5) is 15.6. The fourth-order valence-corrected chi connectivity index (χ4v) is 7.09. The van der Waals surface area contributed by atoms with Gasteiger partial charge in [-0.1, -0.05) is 109 Å². The Morgan fingerprint density at radius 3 is 1.98 bits per heavy atom. The summed E-state index contributed by atoms with van der Waals surface area (Å²) >= 11 is 0. The van der Waals surface area contributed by atoms with Crippen molar-refractivity contribution in [2.24, 2.45) is 0 Å². The Morgan fingerprint density at radius 2 is 1.11 bits per heavy atom. The Balaban J connectivity index is 1.29. The lowest BCUT2D eigenvalue weighted by molar-refractivity contribution is 1.01. The predicted molar refractivity (Wildman–Crippen MR) is 189 cm³/mol. The Bertz CT molecular complexity index is 2810. The van der Waals surface area contributed by atoms with Gasteiger partial charge in [-0.3, -0.25) is 8.97 Å². The summed E-state index contributed by atoms with van der Waals surface area (Å²) in [5.74, 6) is 0.643. The highest BCUT2D eigenvalue weighted by Gasteiger charge is 2.20. The molecular weight excluding hydrogens is 562 g/mol. The molecule has 4 heterocycles. The lowest BCUT2D eigenvalue weighted by atomic mass is 9.93. The first-order valence-electron chi connectivity index (χ1n) is 15.5. The average Bonchev–Trinajstić information content (AvgIpc) is 3.65. The SMILES string of the molecule is c1ccc(-c2ccc(-c3nc(-n4c5ccccc5c5cc6nc7ccccn7c6cc54)nc4ccccc34)c3ccccc23)cc1. The van der Waals surface area contributed by atoms with Gasteiger partial charge in [0, 0.05) is 27.9 Å². The second-order valence-corrected chi connectivity index (χ2v) is 11.7. The van der Waals surface area contributed by atoms with E-state index in [0.29, 0.717) is 5.95 Å². The fourth-order valence-electron chi connectivity index (χ4n) is 7.09. The van der Waals surface area contributed by atoms with Crippen LogP contribution in [0.15, 0.2) is 152 Å². The van der Waals surface area contributed by atoms with Gasteiger partial charge in [0.15, 0.2) is 0 Å². The number of benzene rings is 6. The molecule has 0 saturated heterocycles. The number of hydrogen-bond acceptors (Lipinski definition) is 3. The van der Waals surface area contributed by atoms with Crippen molar-refractivity contribution >= 4 is 60.2 Å². The molecule has 10 rings (SSSR count). The average molecular weight is 588 g/mol. The number of pyridine rings is 1. The van der Waals surface area contributed by atoms with E-state index >= 15 is 0 Å². The van der Waals surface area contributed by atoms with Gasteiger partial charge in [-0.25, -0.2) is 15.0 Å². The van der Waals surface area contributed by atoms with Crippen LogP contribution in [0, 0.1) is 0 Å². The first-order valence-corrected chi connectivity index (χ1v) is 15.5. The van der Waals surface area contributed by atoms with E-state index in [1.165, 1.54) is 16.5 Å². The van der Waals surface area contributed by atoms with Crippen LogP contribution in [0.1, 0.15) is 0 Å². The largest absolute Gasteiger partial charge is 0.300 e. The molecule has 10 aromatic rings. The molecule has 0 amide bonds. The van der Waals surface area contributed by atoms with Crippen molar-refractivity contribution in [2.75, 3.05) is 0 Å². The van der Waals surface area contributed by atoms with Gasteiger partial charge in [0.2, 0.25) is 5.95 Å². The molecule has 0 aliphatic heterocycles. The van der Waals surface area contributed by atoms with E-state index in [4.69, 9.17) is 15.0 Å². The third-order valence-electron chi connectivity index (χ3n) is 9.16. The van der Waals surface area contributed by atoms with E-state index < -0.39 is 0 Å². The lowest BCUT2D eigenvalue weighted by Crippen LogP contribution is -2.03. The third-order valence-corrected chi connectivity index (χ3v) is 9.16. The van der Waals surface area contributed by atoms with Crippen molar-refractivity contribution in [3.05, 3.63) is 152 Å². The van der Waals surface area contributed by atoms with Gasteiger partial charge in [-0.15, -0.1) is 0 Å². The van der Waals surface area contributed by atoms with E-state index in [1.54, 1.807) is 0 Å². The molecule has 0 atom stereocenters. The number of para-hydroxylation sites is 2. The first-order chi connectivity index (χ1) is 22.8. The maximum atomic E-state index is 5.43. The van der Waals surface area contributed by atoms with E-state index in [1.807, 2.05) is 24.3 Å². The van der Waals surface area contributed by atoms with E-state index in [-0.39, 0.29) is 0 Å². The Labute approximate surface area is 263 Å². The van der Waals surface area contributed by atoms with Crippen molar-refractivity contribution in [1.82, 2.24) is 23.9 Å². The molecule has 0 radical (unpaired) electrons. The van der Waals surface area contributed by atoms with E-state index in [9.17, 15) is 0 Å². The van der Waals surface area contributed by atoms with Crippen LogP contribution >= 0.6 is 0 Å². The smallest absolute Gasteiger partial charge is 0.235 e. The predicted octanol–water partition coefficient (Wildman–Crippen LogP) is 10.0. The number of nitrogens with zero attached hydrogens (tertiary/aromatic N) is 5. The minimum Gasteiger partial charge on any atom is -0.300 e. The highest BCUT2D eigenvalue weighted by atomic mass is 15.2. The van der Waals surface area contributed by atoms with Crippen LogP contribution in [-0.4, -0.2) is 23.9 Å². The van der Waals surface area contributed by atoms with Crippen molar-refractivity contribution in [2.45, 2.75) is 0 Å². The molecule has 0 saturated carbocycles. The maximum Gasteiger partial charge on any atom is 0.235 e. The molecule has 5 nitrogen and oxygen atoms in total. The second-order valence-electron chi connectivity index (χ2n) is 11.7. The first kappa shape index (κ1) is 25.0. The van der Waals surface area contributed by atoms with Crippen LogP contribution < -0.4 is 0 Å². The Kier molecular flexibility index (Phi) is 5.22. The highest BCUT2D eigenvalue weighted by molar-refractivity contribution is 6.13. The fraction of sp³-hybridized carbons (Fsp3) is 0. The minimum atomic E-state index is 0.643. The zero-order valence-electron chi connectivity index (χ0n) is 24.7. The number of rotatable bonds is 3. The van der Waals surface area contributed by atoms with Crippen molar-refractivity contribution in [1.29, 1.82) is 0 Å². The minimum absolute atomic E-state index is 0.643. The van der Waals surface area contributed by atoms with Crippen molar-refractivity contribution < 1.29 is 0 Å². The monoisotopic (exact) mass is 587 g/mol. The molecule has 0 unspecified atom stereocenters. The summed E-state index contributed by atoms with van der Waals surface area (Å²) in [6.45, 7) is 0. The van der Waals surface area contributed by atoms with Gasteiger partial charge >= 0.3 is 0 Å². The molecule has 214 valence electrons. The molecule has 5 heteroatoms. The summed E-state index contributed by atoms with van der Waals surface area (Å²) < 4.78 is 4.35. The van der Waals surface area contributed by atoms with Crippen LogP contribution in [0.5, 0.6) is 0 Å². The van der Waals surface area contributed by atoms with E-state index in [2.05, 4.69) is 136 Å². The summed E-state index contributed by atoms with van der Waals surface area (Å²) in [6, 6.07) is 51.0. The van der Waals surface area contributed by atoms with Crippen LogP contribution in [0.4, 0.5) is 0 Å². The van der Waals surface area contributed by atoms with Crippen molar-refractivity contribution in [3.63, 3.8) is 0 Å². The van der Waals surface area contributed by atoms with Gasteiger partial charge < -0.3 is 0 Å². The summed E-state index contributed by atoms with van der Waals surface area (Å²) in [6.07, 6.45) is 2.07. The lowest BCUT2D eigenvalue weighted by Gasteiger charge is -2.15. The molecule has 4 aromatic heterocycles. The number of hydrogen-bond donors (Lipinski definition) is 0. The zero-order valence-corrected chi connectivity index (χ0v) is 24.7. The van der Waals surface area contributed by atoms with Crippen molar-refractivity contribution in [3.8, 4) is 28.3 Å².